The number of hydrogen-bond acceptors (Lipinski definition) is 3. The molecule has 1 heterocycles. The molecule has 5 heteroatoms. The summed E-state index contributed by atoms with van der Waals surface area (Å²) in [7, 11) is 1.19. The molecule has 0 spiro atoms. The monoisotopic (exact) mass is 309 g/mol. The first-order valence-electron chi connectivity index (χ1n) is 5.12. The minimum Gasteiger partial charge on any atom is -0.464 e. The molecule has 0 aliphatic carbocycles. The lowest BCUT2D eigenvalue weighted by Gasteiger charge is -2.06. The zero-order valence-electron chi connectivity index (χ0n) is 9.48. The van der Waals surface area contributed by atoms with Gasteiger partial charge in [0.25, 0.3) is 0 Å². The van der Waals surface area contributed by atoms with E-state index < -0.39 is 11.8 Å². The molecule has 1 aromatic heterocycles. The number of nitrogens with zero attached hydrogens (tertiary/aromatic N) is 1. The number of esters is 1. The molecule has 0 saturated carbocycles. The van der Waals surface area contributed by atoms with E-state index in [9.17, 15) is 9.18 Å². The van der Waals surface area contributed by atoms with E-state index in [-0.39, 0.29) is 5.69 Å². The van der Waals surface area contributed by atoms with Crippen LogP contribution in [0.1, 0.15) is 10.5 Å². The molecular formula is C13H9BrFNO2. The van der Waals surface area contributed by atoms with Crippen LogP contribution in [0.25, 0.3) is 11.1 Å². The number of halogens is 2. The summed E-state index contributed by atoms with van der Waals surface area (Å²) in [5.74, 6) is -1.46. The van der Waals surface area contributed by atoms with Gasteiger partial charge in [-0.1, -0.05) is 28.1 Å². The Morgan fingerprint density at radius 3 is 2.56 bits per heavy atom. The summed E-state index contributed by atoms with van der Waals surface area (Å²) in [5.41, 5.74) is 0.680. The van der Waals surface area contributed by atoms with Crippen LogP contribution in [0.3, 0.4) is 0 Å². The molecule has 0 aliphatic rings. The molecule has 2 aromatic rings. The maximum absolute atomic E-state index is 14.1. The number of hydrogen-bond donors (Lipinski definition) is 0. The lowest BCUT2D eigenvalue weighted by Crippen LogP contribution is -2.08. The van der Waals surface area contributed by atoms with Gasteiger partial charge in [0.15, 0.2) is 11.5 Å². The van der Waals surface area contributed by atoms with E-state index in [0.29, 0.717) is 11.1 Å². The summed E-state index contributed by atoms with van der Waals surface area (Å²) in [4.78, 5) is 15.0. The van der Waals surface area contributed by atoms with Crippen molar-refractivity contribution in [1.82, 2.24) is 4.98 Å². The van der Waals surface area contributed by atoms with Gasteiger partial charge in [-0.25, -0.2) is 14.2 Å². The van der Waals surface area contributed by atoms with Crippen molar-refractivity contribution < 1.29 is 13.9 Å². The van der Waals surface area contributed by atoms with Crippen LogP contribution in [0, 0.1) is 5.82 Å². The summed E-state index contributed by atoms with van der Waals surface area (Å²) < 4.78 is 19.5. The fraction of sp³-hybridized carbons (Fsp3) is 0.0769. The maximum Gasteiger partial charge on any atom is 0.359 e. The van der Waals surface area contributed by atoms with Crippen LogP contribution in [0.2, 0.25) is 0 Å². The number of rotatable bonds is 2. The van der Waals surface area contributed by atoms with Gasteiger partial charge in [0.1, 0.15) is 0 Å². The van der Waals surface area contributed by atoms with Crippen molar-refractivity contribution >= 4 is 21.9 Å². The Morgan fingerprint density at radius 2 is 1.94 bits per heavy atom. The summed E-state index contributed by atoms with van der Waals surface area (Å²) in [6, 6.07) is 8.62. The van der Waals surface area contributed by atoms with E-state index >= 15 is 0 Å². The first-order chi connectivity index (χ1) is 8.63. The van der Waals surface area contributed by atoms with E-state index in [1.54, 1.807) is 24.3 Å². The predicted octanol–water partition coefficient (Wildman–Crippen LogP) is 3.44. The molecular weight excluding hydrogens is 301 g/mol. The van der Waals surface area contributed by atoms with Crippen LogP contribution in [0.5, 0.6) is 0 Å². The molecule has 0 N–H and O–H groups in total. The summed E-state index contributed by atoms with van der Waals surface area (Å²) in [6.45, 7) is 0. The second-order valence-electron chi connectivity index (χ2n) is 3.52. The van der Waals surface area contributed by atoms with Crippen LogP contribution in [-0.2, 0) is 4.74 Å². The molecule has 92 valence electrons. The van der Waals surface area contributed by atoms with E-state index in [1.807, 2.05) is 0 Å². The van der Waals surface area contributed by atoms with Gasteiger partial charge >= 0.3 is 5.97 Å². The molecule has 18 heavy (non-hydrogen) atoms. The van der Waals surface area contributed by atoms with Crippen LogP contribution in [0.4, 0.5) is 4.39 Å². The Bertz CT molecular complexity index is 584. The summed E-state index contributed by atoms with van der Waals surface area (Å²) in [6.07, 6.45) is 1.38. The Kier molecular flexibility index (Phi) is 3.72. The number of benzene rings is 1. The molecule has 0 saturated heterocycles. The van der Waals surface area contributed by atoms with Gasteiger partial charge in [-0.15, -0.1) is 0 Å². The largest absolute Gasteiger partial charge is 0.464 e. The molecule has 1 aromatic carbocycles. The highest BCUT2D eigenvalue weighted by molar-refractivity contribution is 9.10. The topological polar surface area (TPSA) is 39.2 Å². The number of carbonyl (C=O) groups excluding carboxylic acids is 1. The highest BCUT2D eigenvalue weighted by Crippen LogP contribution is 2.25. The Morgan fingerprint density at radius 1 is 1.28 bits per heavy atom. The lowest BCUT2D eigenvalue weighted by atomic mass is 10.1. The van der Waals surface area contributed by atoms with Crippen LogP contribution < -0.4 is 0 Å². The van der Waals surface area contributed by atoms with Gasteiger partial charge in [0.2, 0.25) is 0 Å². The molecule has 0 atom stereocenters. The normalized spacial score (nSPS) is 10.2. The van der Waals surface area contributed by atoms with Crippen molar-refractivity contribution in [1.29, 1.82) is 0 Å². The second-order valence-corrected chi connectivity index (χ2v) is 4.44. The first kappa shape index (κ1) is 12.7. The minimum absolute atomic E-state index is 0.307. The Labute approximate surface area is 112 Å². The predicted molar refractivity (Wildman–Crippen MR) is 68.7 cm³/mol. The van der Waals surface area contributed by atoms with Crippen molar-refractivity contribution in [3.05, 3.63) is 52.5 Å². The van der Waals surface area contributed by atoms with E-state index in [1.165, 1.54) is 19.4 Å². The standard InChI is InChI=1S/C13H9BrFNO2/c1-18-13(17)12-11(15)10(6-7-16-12)8-2-4-9(14)5-3-8/h2-7H,1H3. The van der Waals surface area contributed by atoms with Crippen molar-refractivity contribution in [2.24, 2.45) is 0 Å². The van der Waals surface area contributed by atoms with Gasteiger partial charge in [0.05, 0.1) is 7.11 Å². The summed E-state index contributed by atoms with van der Waals surface area (Å²) in [5, 5.41) is 0. The molecule has 0 fully saturated rings. The molecule has 0 amide bonds. The van der Waals surface area contributed by atoms with Gasteiger partial charge in [-0.05, 0) is 23.8 Å². The Balaban J connectivity index is 2.52. The van der Waals surface area contributed by atoms with Gasteiger partial charge in [-0.3, -0.25) is 0 Å². The average molecular weight is 310 g/mol. The third-order valence-electron chi connectivity index (χ3n) is 2.42. The minimum atomic E-state index is -0.786. The van der Waals surface area contributed by atoms with Gasteiger partial charge < -0.3 is 4.74 Å². The molecule has 0 bridgehead atoms. The highest BCUT2D eigenvalue weighted by atomic mass is 79.9. The molecule has 0 radical (unpaired) electrons. The molecule has 0 aliphatic heterocycles. The fourth-order valence-electron chi connectivity index (χ4n) is 1.54. The third-order valence-corrected chi connectivity index (χ3v) is 2.95. The zero-order chi connectivity index (χ0) is 13.1. The quantitative estimate of drug-likeness (QED) is 0.798. The maximum atomic E-state index is 14.1. The first-order valence-corrected chi connectivity index (χ1v) is 5.91. The SMILES string of the molecule is COC(=O)c1nccc(-c2ccc(Br)cc2)c1F. The van der Waals surface area contributed by atoms with Crippen LogP contribution in [0.15, 0.2) is 41.0 Å². The second kappa shape index (κ2) is 5.27. The van der Waals surface area contributed by atoms with E-state index in [2.05, 4.69) is 25.7 Å². The van der Waals surface area contributed by atoms with Gasteiger partial charge in [-0.2, -0.15) is 0 Å². The van der Waals surface area contributed by atoms with Crippen molar-refractivity contribution in [3.63, 3.8) is 0 Å². The number of aromatic nitrogens is 1. The average Bonchev–Trinajstić information content (AvgIpc) is 2.39. The number of ether oxygens (including phenoxy) is 1. The Hall–Kier alpha value is -1.75. The number of carbonyl (C=O) groups is 1. The third kappa shape index (κ3) is 2.41. The van der Waals surface area contributed by atoms with Crippen molar-refractivity contribution in [3.8, 4) is 11.1 Å². The van der Waals surface area contributed by atoms with Gasteiger partial charge in [0, 0.05) is 16.2 Å². The molecule has 0 unspecified atom stereocenters. The summed E-state index contributed by atoms with van der Waals surface area (Å²) >= 11 is 3.31. The fourth-order valence-corrected chi connectivity index (χ4v) is 1.80. The van der Waals surface area contributed by atoms with E-state index in [0.717, 1.165) is 4.47 Å². The van der Waals surface area contributed by atoms with Crippen LogP contribution >= 0.6 is 15.9 Å². The zero-order valence-corrected chi connectivity index (χ0v) is 11.1. The number of methoxy groups -OCH3 is 1. The molecule has 3 nitrogen and oxygen atoms in total. The van der Waals surface area contributed by atoms with E-state index in [4.69, 9.17) is 0 Å². The highest BCUT2D eigenvalue weighted by Gasteiger charge is 2.17. The van der Waals surface area contributed by atoms with Crippen molar-refractivity contribution in [2.75, 3.05) is 7.11 Å². The van der Waals surface area contributed by atoms with Crippen molar-refractivity contribution in [2.45, 2.75) is 0 Å². The molecule has 2 rings (SSSR count). The number of pyridine rings is 1. The smallest absolute Gasteiger partial charge is 0.359 e. The van der Waals surface area contributed by atoms with Crippen LogP contribution in [-0.4, -0.2) is 18.1 Å². The lowest BCUT2D eigenvalue weighted by molar-refractivity contribution is 0.0588.